The third kappa shape index (κ3) is 2.27. The number of rotatable bonds is 1. The van der Waals surface area contributed by atoms with Crippen molar-refractivity contribution in [2.45, 2.75) is 38.6 Å². The Morgan fingerprint density at radius 3 is 2.61 bits per heavy atom. The molecule has 0 fully saturated rings. The molecule has 2 aromatic carbocycles. The fourth-order valence-electron chi connectivity index (χ4n) is 5.12. The van der Waals surface area contributed by atoms with Crippen LogP contribution in [0.2, 0.25) is 0 Å². The molecule has 0 radical (unpaired) electrons. The van der Waals surface area contributed by atoms with E-state index < -0.39 is 0 Å². The highest BCUT2D eigenvalue weighted by Crippen LogP contribution is 2.33. The van der Waals surface area contributed by atoms with Gasteiger partial charge in [0.05, 0.1) is 11.1 Å². The topological polar surface area (TPSA) is 51.9 Å². The van der Waals surface area contributed by atoms with E-state index in [0.717, 1.165) is 36.9 Å². The highest BCUT2D eigenvalue weighted by atomic mass is 16.2. The van der Waals surface area contributed by atoms with E-state index in [1.165, 1.54) is 51.6 Å². The zero-order valence-corrected chi connectivity index (χ0v) is 15.8. The molecular formula is C24H23N3O. The molecule has 4 aromatic rings. The molecule has 0 spiro atoms. The minimum Gasteiger partial charge on any atom is -0.358 e. The molecular weight excluding hydrogens is 346 g/mol. The molecule has 4 heteroatoms. The number of para-hydroxylation sites is 2. The van der Waals surface area contributed by atoms with Gasteiger partial charge in [0, 0.05) is 52.8 Å². The van der Waals surface area contributed by atoms with Gasteiger partial charge in [-0.25, -0.2) is 0 Å². The van der Waals surface area contributed by atoms with E-state index in [1.54, 1.807) is 0 Å². The molecule has 2 aliphatic rings. The van der Waals surface area contributed by atoms with Crippen LogP contribution in [-0.4, -0.2) is 27.3 Å². The summed E-state index contributed by atoms with van der Waals surface area (Å²) in [6.07, 6.45) is 5.58. The van der Waals surface area contributed by atoms with Crippen LogP contribution in [0.5, 0.6) is 0 Å². The van der Waals surface area contributed by atoms with E-state index in [1.807, 2.05) is 17.0 Å². The SMILES string of the molecule is O=C(c1cccc2c3c([nH]c12)CCCC3)N1CCc2[nH]c3ccccc3c2C1. The maximum absolute atomic E-state index is 13.5. The summed E-state index contributed by atoms with van der Waals surface area (Å²) in [6.45, 7) is 1.43. The van der Waals surface area contributed by atoms with Crippen molar-refractivity contribution in [1.82, 2.24) is 14.9 Å². The zero-order chi connectivity index (χ0) is 18.7. The average Bonchev–Trinajstić information content (AvgIpc) is 3.31. The number of aryl methyl sites for hydroxylation is 2. The Bertz CT molecular complexity index is 1230. The van der Waals surface area contributed by atoms with Crippen LogP contribution in [0.3, 0.4) is 0 Å². The predicted octanol–water partition coefficient (Wildman–Crippen LogP) is 4.73. The molecule has 0 bridgehead atoms. The van der Waals surface area contributed by atoms with Gasteiger partial charge in [-0.15, -0.1) is 0 Å². The second-order valence-corrected chi connectivity index (χ2v) is 8.12. The lowest BCUT2D eigenvalue weighted by molar-refractivity contribution is 0.0737. The third-order valence-electron chi connectivity index (χ3n) is 6.53. The lowest BCUT2D eigenvalue weighted by Gasteiger charge is -2.27. The van der Waals surface area contributed by atoms with Crippen molar-refractivity contribution >= 4 is 27.7 Å². The average molecular weight is 369 g/mol. The Balaban J connectivity index is 1.40. The minimum absolute atomic E-state index is 0.139. The molecule has 0 atom stereocenters. The first-order valence-electron chi connectivity index (χ1n) is 10.3. The standard InChI is InChI=1S/C24H23N3O/c28-24(18-9-5-8-17-15-6-1-4-11-21(15)26-23(17)18)27-13-12-22-19(14-27)16-7-2-3-10-20(16)25-22/h2-3,5,7-10,25-26H,1,4,6,11-14H2. The van der Waals surface area contributed by atoms with Crippen LogP contribution in [0.15, 0.2) is 42.5 Å². The van der Waals surface area contributed by atoms with Crippen LogP contribution in [0, 0.1) is 0 Å². The second kappa shape index (κ2) is 5.99. The molecule has 140 valence electrons. The molecule has 0 saturated heterocycles. The number of hydrogen-bond donors (Lipinski definition) is 2. The van der Waals surface area contributed by atoms with Gasteiger partial charge in [-0.1, -0.05) is 30.3 Å². The smallest absolute Gasteiger partial charge is 0.256 e. The first-order valence-corrected chi connectivity index (χ1v) is 10.3. The summed E-state index contributed by atoms with van der Waals surface area (Å²) in [5.41, 5.74) is 8.32. The Morgan fingerprint density at radius 2 is 1.64 bits per heavy atom. The number of carbonyl (C=O) groups excluding carboxylic acids is 1. The first kappa shape index (κ1) is 16.0. The number of fused-ring (bicyclic) bond motifs is 6. The lowest BCUT2D eigenvalue weighted by Crippen LogP contribution is -2.35. The van der Waals surface area contributed by atoms with E-state index in [-0.39, 0.29) is 5.91 Å². The van der Waals surface area contributed by atoms with E-state index in [2.05, 4.69) is 40.3 Å². The van der Waals surface area contributed by atoms with Crippen molar-refractivity contribution in [2.24, 2.45) is 0 Å². The van der Waals surface area contributed by atoms with E-state index in [4.69, 9.17) is 0 Å². The van der Waals surface area contributed by atoms with Gasteiger partial charge in [-0.05, 0) is 43.4 Å². The van der Waals surface area contributed by atoms with Crippen molar-refractivity contribution in [1.29, 1.82) is 0 Å². The normalized spacial score (nSPS) is 16.4. The monoisotopic (exact) mass is 369 g/mol. The maximum Gasteiger partial charge on any atom is 0.256 e. The number of aromatic nitrogens is 2. The summed E-state index contributed by atoms with van der Waals surface area (Å²) < 4.78 is 0. The van der Waals surface area contributed by atoms with Crippen LogP contribution >= 0.6 is 0 Å². The van der Waals surface area contributed by atoms with Gasteiger partial charge < -0.3 is 14.9 Å². The molecule has 1 aliphatic carbocycles. The Labute approximate surface area is 163 Å². The number of nitrogens with one attached hydrogen (secondary N) is 2. The highest BCUT2D eigenvalue weighted by Gasteiger charge is 2.27. The van der Waals surface area contributed by atoms with Crippen LogP contribution < -0.4 is 0 Å². The van der Waals surface area contributed by atoms with Gasteiger partial charge in [0.2, 0.25) is 0 Å². The van der Waals surface area contributed by atoms with Crippen LogP contribution in [0.4, 0.5) is 0 Å². The van der Waals surface area contributed by atoms with Gasteiger partial charge in [0.1, 0.15) is 0 Å². The Morgan fingerprint density at radius 1 is 0.821 bits per heavy atom. The first-order chi connectivity index (χ1) is 13.8. The van der Waals surface area contributed by atoms with Crippen LogP contribution in [-0.2, 0) is 25.8 Å². The number of H-pyrrole nitrogens is 2. The zero-order valence-electron chi connectivity index (χ0n) is 15.8. The number of hydrogen-bond acceptors (Lipinski definition) is 1. The molecule has 1 amide bonds. The van der Waals surface area contributed by atoms with Gasteiger partial charge in [-0.2, -0.15) is 0 Å². The van der Waals surface area contributed by atoms with Gasteiger partial charge >= 0.3 is 0 Å². The Kier molecular flexibility index (Phi) is 3.42. The highest BCUT2D eigenvalue weighted by molar-refractivity contribution is 6.07. The molecule has 0 saturated carbocycles. The molecule has 1 aliphatic heterocycles. The van der Waals surface area contributed by atoms with Crippen molar-refractivity contribution in [2.75, 3.05) is 6.54 Å². The summed E-state index contributed by atoms with van der Waals surface area (Å²) in [7, 11) is 0. The van der Waals surface area contributed by atoms with Crippen molar-refractivity contribution in [3.8, 4) is 0 Å². The summed E-state index contributed by atoms with van der Waals surface area (Å²) >= 11 is 0. The molecule has 28 heavy (non-hydrogen) atoms. The summed E-state index contributed by atoms with van der Waals surface area (Å²) in [4.78, 5) is 22.6. The van der Waals surface area contributed by atoms with Crippen molar-refractivity contribution < 1.29 is 4.79 Å². The molecule has 3 heterocycles. The van der Waals surface area contributed by atoms with Crippen LogP contribution in [0.1, 0.15) is 45.7 Å². The van der Waals surface area contributed by atoms with Gasteiger partial charge in [0.25, 0.3) is 5.91 Å². The summed E-state index contributed by atoms with van der Waals surface area (Å²) in [5, 5.41) is 2.48. The molecule has 6 rings (SSSR count). The van der Waals surface area contributed by atoms with Crippen molar-refractivity contribution in [3.63, 3.8) is 0 Å². The quantitative estimate of drug-likeness (QED) is 0.501. The number of aromatic amines is 2. The number of amides is 1. The molecule has 2 N–H and O–H groups in total. The fourth-order valence-corrected chi connectivity index (χ4v) is 5.12. The van der Waals surface area contributed by atoms with Gasteiger partial charge in [0.15, 0.2) is 0 Å². The largest absolute Gasteiger partial charge is 0.358 e. The molecule has 0 unspecified atom stereocenters. The van der Waals surface area contributed by atoms with Crippen LogP contribution in [0.25, 0.3) is 21.8 Å². The van der Waals surface area contributed by atoms with E-state index in [0.29, 0.717) is 6.54 Å². The predicted molar refractivity (Wildman–Crippen MR) is 112 cm³/mol. The number of benzene rings is 2. The third-order valence-corrected chi connectivity index (χ3v) is 6.53. The molecule has 2 aromatic heterocycles. The summed E-state index contributed by atoms with van der Waals surface area (Å²) in [5.74, 6) is 0.139. The fraction of sp³-hybridized carbons (Fsp3) is 0.292. The van der Waals surface area contributed by atoms with E-state index in [9.17, 15) is 4.79 Å². The number of carbonyl (C=O) groups is 1. The minimum atomic E-state index is 0.139. The maximum atomic E-state index is 13.5. The second-order valence-electron chi connectivity index (χ2n) is 8.12. The summed E-state index contributed by atoms with van der Waals surface area (Å²) in [6, 6.07) is 14.6. The Hall–Kier alpha value is -3.01. The number of nitrogens with zero attached hydrogens (tertiary/aromatic N) is 1. The van der Waals surface area contributed by atoms with E-state index >= 15 is 0 Å². The van der Waals surface area contributed by atoms with Gasteiger partial charge in [-0.3, -0.25) is 4.79 Å². The van der Waals surface area contributed by atoms with Crippen molar-refractivity contribution in [3.05, 3.63) is 70.5 Å². The molecule has 4 nitrogen and oxygen atoms in total. The lowest BCUT2D eigenvalue weighted by atomic mass is 9.95.